The Morgan fingerprint density at radius 3 is 2.21 bits per heavy atom. The minimum absolute atomic E-state index is 0.201. The molecule has 0 saturated heterocycles. The fourth-order valence-electron chi connectivity index (χ4n) is 4.39. The minimum atomic E-state index is -0.201. The molecule has 0 unspecified atom stereocenters. The Balaban J connectivity index is 1.06. The van der Waals surface area contributed by atoms with Crippen molar-refractivity contribution in [2.24, 2.45) is 0 Å². The number of unbranched alkanes of at least 4 members (excludes halogenated alkanes) is 1. The number of fused-ring (bicyclic) bond motifs is 1. The lowest BCUT2D eigenvalue weighted by Gasteiger charge is -2.11. The van der Waals surface area contributed by atoms with Gasteiger partial charge in [0, 0.05) is 6.54 Å². The summed E-state index contributed by atoms with van der Waals surface area (Å²) < 4.78 is 17.1. The van der Waals surface area contributed by atoms with Crippen molar-refractivity contribution in [3.63, 3.8) is 0 Å². The van der Waals surface area contributed by atoms with Crippen LogP contribution in [0.1, 0.15) is 29.0 Å². The maximum Gasteiger partial charge on any atom is 0.286 e. The highest BCUT2D eigenvalue weighted by Gasteiger charge is 2.09. The van der Waals surface area contributed by atoms with E-state index in [-0.39, 0.29) is 5.91 Å². The number of ether oxygens (including phenoxy) is 2. The molecule has 5 rings (SSSR count). The Bertz CT molecular complexity index is 1440. The van der Waals surface area contributed by atoms with Crippen LogP contribution in [0.2, 0.25) is 0 Å². The average Bonchev–Trinajstić information content (AvgIpc) is 3.51. The number of nitrogens with one attached hydrogen (secondary N) is 1. The van der Waals surface area contributed by atoms with E-state index in [1.807, 2.05) is 42.5 Å². The van der Waals surface area contributed by atoms with Crippen LogP contribution in [0.4, 0.5) is 0 Å². The van der Waals surface area contributed by atoms with Crippen molar-refractivity contribution in [1.29, 1.82) is 0 Å². The average molecular weight is 506 g/mol. The van der Waals surface area contributed by atoms with E-state index in [1.165, 1.54) is 23.0 Å². The third-order valence-electron chi connectivity index (χ3n) is 6.41. The first-order valence-corrected chi connectivity index (χ1v) is 13.0. The predicted molar refractivity (Wildman–Crippen MR) is 151 cm³/mol. The van der Waals surface area contributed by atoms with E-state index in [9.17, 15) is 4.79 Å². The first-order chi connectivity index (χ1) is 18.8. The molecule has 38 heavy (non-hydrogen) atoms. The Kier molecular flexibility index (Phi) is 8.37. The molecule has 0 fully saturated rings. The van der Waals surface area contributed by atoms with Crippen LogP contribution in [0.15, 0.2) is 114 Å². The fraction of sp³-hybridized carbons (Fsp3) is 0.182. The summed E-state index contributed by atoms with van der Waals surface area (Å²) in [5.41, 5.74) is 3.55. The number of benzene rings is 4. The number of rotatable bonds is 12. The zero-order chi connectivity index (χ0) is 26.0. The Morgan fingerprint density at radius 1 is 0.711 bits per heavy atom. The highest BCUT2D eigenvalue weighted by Crippen LogP contribution is 2.25. The van der Waals surface area contributed by atoms with Crippen LogP contribution in [0.5, 0.6) is 11.5 Å². The topological polar surface area (TPSA) is 60.7 Å². The Hall–Kier alpha value is -4.51. The normalized spacial score (nSPS) is 10.8. The summed E-state index contributed by atoms with van der Waals surface area (Å²) in [5, 5.41) is 5.20. The summed E-state index contributed by atoms with van der Waals surface area (Å²) in [7, 11) is 0. The molecule has 5 nitrogen and oxygen atoms in total. The van der Waals surface area contributed by atoms with E-state index in [4.69, 9.17) is 13.9 Å². The van der Waals surface area contributed by atoms with Gasteiger partial charge in [-0.05, 0) is 83.1 Å². The van der Waals surface area contributed by atoms with Gasteiger partial charge >= 0.3 is 0 Å². The first-order valence-electron chi connectivity index (χ1n) is 13.0. The molecule has 192 valence electrons. The molecular formula is C33H31NO4. The van der Waals surface area contributed by atoms with E-state index >= 15 is 0 Å². The van der Waals surface area contributed by atoms with E-state index in [1.54, 1.807) is 12.1 Å². The molecule has 0 saturated carbocycles. The highest BCUT2D eigenvalue weighted by molar-refractivity contribution is 5.91. The van der Waals surface area contributed by atoms with Gasteiger partial charge in [0.15, 0.2) is 5.76 Å². The number of hydrogen-bond donors (Lipinski definition) is 1. The molecule has 4 aromatic carbocycles. The lowest BCUT2D eigenvalue weighted by atomic mass is 10.0. The van der Waals surface area contributed by atoms with Gasteiger partial charge in [-0.25, -0.2) is 0 Å². The van der Waals surface area contributed by atoms with Crippen molar-refractivity contribution in [3.05, 3.63) is 121 Å². The lowest BCUT2D eigenvalue weighted by Crippen LogP contribution is -2.25. The van der Waals surface area contributed by atoms with E-state index in [0.29, 0.717) is 25.5 Å². The van der Waals surface area contributed by atoms with Crippen molar-refractivity contribution in [2.45, 2.75) is 19.3 Å². The first kappa shape index (κ1) is 25.2. The number of carbonyl (C=O) groups is 1. The SMILES string of the molecule is O=C(NCCc1cccc2ccc(OCCCCOc3ccc(-c4ccccc4)cc3)cc12)c1ccco1. The molecule has 1 N–H and O–H groups in total. The molecule has 1 aromatic heterocycles. The maximum absolute atomic E-state index is 12.1. The third-order valence-corrected chi connectivity index (χ3v) is 6.41. The van der Waals surface area contributed by atoms with Gasteiger partial charge in [0.2, 0.25) is 0 Å². The van der Waals surface area contributed by atoms with Gasteiger partial charge < -0.3 is 19.2 Å². The zero-order valence-corrected chi connectivity index (χ0v) is 21.3. The molecule has 0 aliphatic heterocycles. The van der Waals surface area contributed by atoms with Crippen LogP contribution in [0, 0.1) is 0 Å². The second-order valence-electron chi connectivity index (χ2n) is 9.08. The highest BCUT2D eigenvalue weighted by atomic mass is 16.5. The van der Waals surface area contributed by atoms with E-state index in [0.717, 1.165) is 41.5 Å². The van der Waals surface area contributed by atoms with Crippen molar-refractivity contribution in [1.82, 2.24) is 5.32 Å². The lowest BCUT2D eigenvalue weighted by molar-refractivity contribution is 0.0926. The molecule has 1 heterocycles. The summed E-state index contributed by atoms with van der Waals surface area (Å²) >= 11 is 0. The smallest absolute Gasteiger partial charge is 0.286 e. The van der Waals surface area contributed by atoms with Crippen molar-refractivity contribution < 1.29 is 18.7 Å². The molecule has 0 spiro atoms. The van der Waals surface area contributed by atoms with Crippen LogP contribution in [0.25, 0.3) is 21.9 Å². The van der Waals surface area contributed by atoms with E-state index in [2.05, 4.69) is 53.8 Å². The van der Waals surface area contributed by atoms with Crippen LogP contribution in [0.3, 0.4) is 0 Å². The van der Waals surface area contributed by atoms with Gasteiger partial charge in [0.25, 0.3) is 5.91 Å². The van der Waals surface area contributed by atoms with Crippen molar-refractivity contribution in [3.8, 4) is 22.6 Å². The van der Waals surface area contributed by atoms with Gasteiger partial charge in [0.1, 0.15) is 11.5 Å². The van der Waals surface area contributed by atoms with Crippen molar-refractivity contribution in [2.75, 3.05) is 19.8 Å². The molecule has 0 bridgehead atoms. The number of amides is 1. The van der Waals surface area contributed by atoms with Gasteiger partial charge in [-0.3, -0.25) is 4.79 Å². The van der Waals surface area contributed by atoms with Crippen molar-refractivity contribution >= 4 is 16.7 Å². The van der Waals surface area contributed by atoms with Crippen LogP contribution >= 0.6 is 0 Å². The quantitative estimate of drug-likeness (QED) is 0.181. The van der Waals surface area contributed by atoms with Crippen LogP contribution in [-0.2, 0) is 6.42 Å². The summed E-state index contributed by atoms with van der Waals surface area (Å²) in [6, 6.07) is 34.3. The number of furan rings is 1. The summed E-state index contributed by atoms with van der Waals surface area (Å²) in [4.78, 5) is 12.1. The standard InChI is InChI=1S/C33H31NO4/c35-33(32-12-7-23-38-32)34-20-19-28-11-6-10-27-15-18-30(24-31(27)28)37-22-5-4-21-36-29-16-13-26(14-17-29)25-8-2-1-3-9-25/h1-3,6-18,23-24H,4-5,19-22H2,(H,34,35). The summed E-state index contributed by atoms with van der Waals surface area (Å²) in [5.74, 6) is 1.85. The number of hydrogen-bond acceptors (Lipinski definition) is 4. The molecule has 0 atom stereocenters. The molecule has 0 aliphatic carbocycles. The van der Waals surface area contributed by atoms with Gasteiger partial charge in [-0.1, -0.05) is 66.7 Å². The van der Waals surface area contributed by atoms with Crippen LogP contribution < -0.4 is 14.8 Å². The maximum atomic E-state index is 12.1. The Morgan fingerprint density at radius 2 is 1.45 bits per heavy atom. The van der Waals surface area contributed by atoms with Gasteiger partial charge in [0.05, 0.1) is 19.5 Å². The monoisotopic (exact) mass is 505 g/mol. The molecule has 0 aliphatic rings. The minimum Gasteiger partial charge on any atom is -0.494 e. The second kappa shape index (κ2) is 12.6. The molecule has 0 radical (unpaired) electrons. The molecular weight excluding hydrogens is 474 g/mol. The van der Waals surface area contributed by atoms with E-state index < -0.39 is 0 Å². The predicted octanol–water partition coefficient (Wildman–Crippen LogP) is 7.31. The zero-order valence-electron chi connectivity index (χ0n) is 21.3. The second-order valence-corrected chi connectivity index (χ2v) is 9.08. The van der Waals surface area contributed by atoms with Crippen LogP contribution in [-0.4, -0.2) is 25.7 Å². The molecule has 5 aromatic rings. The summed E-state index contributed by atoms with van der Waals surface area (Å²) in [6.07, 6.45) is 4.03. The third kappa shape index (κ3) is 6.62. The Labute approximate surface area is 223 Å². The largest absolute Gasteiger partial charge is 0.494 e. The fourth-order valence-corrected chi connectivity index (χ4v) is 4.39. The van der Waals surface area contributed by atoms with Gasteiger partial charge in [-0.15, -0.1) is 0 Å². The number of carbonyl (C=O) groups excluding carboxylic acids is 1. The molecule has 5 heteroatoms. The molecule has 1 amide bonds. The summed E-state index contributed by atoms with van der Waals surface area (Å²) in [6.45, 7) is 1.81. The van der Waals surface area contributed by atoms with Gasteiger partial charge in [-0.2, -0.15) is 0 Å².